The Bertz CT molecular complexity index is 1010. The smallest absolute Gasteiger partial charge is 0.490 e. The fourth-order valence-electron chi connectivity index (χ4n) is 3.34. The molecule has 2 aliphatic heterocycles. The van der Waals surface area contributed by atoms with E-state index in [-0.39, 0.29) is 31.3 Å². The normalized spacial score (nSPS) is 17.0. The number of alkyl halides is 3. The lowest BCUT2D eigenvalue weighted by atomic mass is 10.0. The van der Waals surface area contributed by atoms with Crippen LogP contribution in [0.4, 0.5) is 13.2 Å². The maximum absolute atomic E-state index is 12.6. The first-order valence-electron chi connectivity index (χ1n) is 11.0. The largest absolute Gasteiger partial charge is 0.491 e. The molecular formula is C22H25F3N2O10. The Kier molecular flexibility index (Phi) is 10.8. The van der Waals surface area contributed by atoms with Crippen molar-refractivity contribution in [3.05, 3.63) is 29.3 Å². The zero-order valence-electron chi connectivity index (χ0n) is 19.4. The van der Waals surface area contributed by atoms with Crippen LogP contribution in [0.25, 0.3) is 0 Å². The SMILES string of the molecule is O=C(O)C(F)(F)F.O=C(O)CCOCCOCCOc1ccc2c(c1)CN(C1CCC(=O)NC1=O)C2=O. The van der Waals surface area contributed by atoms with Crippen LogP contribution < -0.4 is 10.1 Å². The third-order valence-electron chi connectivity index (χ3n) is 5.07. The number of hydrogen-bond donors (Lipinski definition) is 3. The summed E-state index contributed by atoms with van der Waals surface area (Å²) in [6.07, 6.45) is -4.58. The monoisotopic (exact) mass is 534 g/mol. The number of carbonyl (C=O) groups is 5. The molecule has 0 spiro atoms. The number of amides is 3. The molecule has 1 fully saturated rings. The van der Waals surface area contributed by atoms with Gasteiger partial charge in [-0.05, 0) is 30.2 Å². The second kappa shape index (κ2) is 13.5. The van der Waals surface area contributed by atoms with E-state index >= 15 is 0 Å². The molecule has 2 aliphatic rings. The molecule has 2 heterocycles. The first-order valence-corrected chi connectivity index (χ1v) is 11.0. The molecule has 1 saturated heterocycles. The minimum absolute atomic E-state index is 0.0368. The van der Waals surface area contributed by atoms with Crippen molar-refractivity contribution in [1.29, 1.82) is 0 Å². The molecule has 1 atom stereocenters. The van der Waals surface area contributed by atoms with E-state index in [1.54, 1.807) is 18.2 Å². The van der Waals surface area contributed by atoms with Gasteiger partial charge in [0.05, 0.1) is 32.8 Å². The summed E-state index contributed by atoms with van der Waals surface area (Å²) >= 11 is 0. The van der Waals surface area contributed by atoms with Crippen LogP contribution in [-0.2, 0) is 35.2 Å². The standard InChI is InChI=1S/C20H24N2O8.C2HF3O2/c23-17-4-3-16(19(26)21-17)22-12-13-11-14(1-2-15(13)20(22)27)30-10-9-29-8-7-28-6-5-18(24)25;3-2(4,5)1(6)7/h1-2,11,16H,3-10,12H2,(H,24,25)(H,21,23,26);(H,6,7). The number of rotatable bonds is 11. The Balaban J connectivity index is 0.000000604. The van der Waals surface area contributed by atoms with Gasteiger partial charge in [-0.25, -0.2) is 4.79 Å². The van der Waals surface area contributed by atoms with E-state index in [9.17, 15) is 32.3 Å². The number of ether oxygens (including phenoxy) is 3. The Hall–Kier alpha value is -3.72. The average Bonchev–Trinajstić information content (AvgIpc) is 3.13. The molecule has 37 heavy (non-hydrogen) atoms. The highest BCUT2D eigenvalue weighted by molar-refractivity contribution is 6.05. The number of piperidine rings is 1. The lowest BCUT2D eigenvalue weighted by Gasteiger charge is -2.29. The summed E-state index contributed by atoms with van der Waals surface area (Å²) in [4.78, 5) is 56.8. The molecule has 15 heteroatoms. The topological polar surface area (TPSA) is 169 Å². The number of halogens is 3. The van der Waals surface area contributed by atoms with Gasteiger partial charge in [-0.1, -0.05) is 0 Å². The van der Waals surface area contributed by atoms with Crippen LogP contribution in [0.1, 0.15) is 35.2 Å². The van der Waals surface area contributed by atoms with E-state index in [1.807, 2.05) is 0 Å². The van der Waals surface area contributed by atoms with Gasteiger partial charge < -0.3 is 29.3 Å². The van der Waals surface area contributed by atoms with E-state index in [0.717, 1.165) is 5.56 Å². The van der Waals surface area contributed by atoms with Crippen LogP contribution in [0.5, 0.6) is 5.75 Å². The summed E-state index contributed by atoms with van der Waals surface area (Å²) in [7, 11) is 0. The molecule has 12 nitrogen and oxygen atoms in total. The predicted molar refractivity (Wildman–Crippen MR) is 116 cm³/mol. The number of hydrogen-bond acceptors (Lipinski definition) is 8. The van der Waals surface area contributed by atoms with E-state index in [1.165, 1.54) is 4.90 Å². The van der Waals surface area contributed by atoms with Gasteiger partial charge in [-0.3, -0.25) is 24.5 Å². The van der Waals surface area contributed by atoms with Crippen LogP contribution in [0.3, 0.4) is 0 Å². The number of nitrogens with zero attached hydrogens (tertiary/aromatic N) is 1. The molecule has 0 aliphatic carbocycles. The minimum Gasteiger partial charge on any atom is -0.491 e. The summed E-state index contributed by atoms with van der Waals surface area (Å²) in [6.45, 7) is 1.73. The molecule has 1 unspecified atom stereocenters. The molecule has 0 aromatic heterocycles. The van der Waals surface area contributed by atoms with Gasteiger partial charge in [-0.2, -0.15) is 13.2 Å². The van der Waals surface area contributed by atoms with Crippen molar-refractivity contribution in [3.8, 4) is 5.75 Å². The minimum atomic E-state index is -5.08. The molecule has 0 saturated carbocycles. The predicted octanol–water partition coefficient (Wildman–Crippen LogP) is 0.968. The highest BCUT2D eigenvalue weighted by Gasteiger charge is 2.39. The van der Waals surface area contributed by atoms with Crippen molar-refractivity contribution in [3.63, 3.8) is 0 Å². The Labute approximate surface area is 208 Å². The summed E-state index contributed by atoms with van der Waals surface area (Å²) in [6, 6.07) is 4.50. The highest BCUT2D eigenvalue weighted by atomic mass is 19.4. The lowest BCUT2D eigenvalue weighted by molar-refractivity contribution is -0.192. The number of carboxylic acids is 2. The van der Waals surface area contributed by atoms with Gasteiger partial charge in [0.15, 0.2) is 0 Å². The van der Waals surface area contributed by atoms with E-state index < -0.39 is 30.1 Å². The number of carbonyl (C=O) groups excluding carboxylic acids is 3. The zero-order valence-corrected chi connectivity index (χ0v) is 19.4. The average molecular weight is 534 g/mol. The van der Waals surface area contributed by atoms with Crippen molar-refractivity contribution >= 4 is 29.7 Å². The maximum Gasteiger partial charge on any atom is 0.490 e. The second-order valence-electron chi connectivity index (χ2n) is 7.74. The molecular weight excluding hydrogens is 509 g/mol. The maximum atomic E-state index is 12.6. The van der Waals surface area contributed by atoms with Crippen molar-refractivity contribution in [2.75, 3.05) is 33.0 Å². The molecule has 3 N–H and O–H groups in total. The first kappa shape index (κ1) is 29.5. The quantitative estimate of drug-likeness (QED) is 0.275. The number of carboxylic acid groups (broad SMARTS) is 2. The third kappa shape index (κ3) is 9.34. The number of nitrogens with one attached hydrogen (secondary N) is 1. The number of imide groups is 1. The molecule has 0 radical (unpaired) electrons. The van der Waals surface area contributed by atoms with Crippen molar-refractivity contribution in [1.82, 2.24) is 10.2 Å². The van der Waals surface area contributed by atoms with E-state index in [0.29, 0.717) is 50.7 Å². The zero-order chi connectivity index (χ0) is 27.6. The summed E-state index contributed by atoms with van der Waals surface area (Å²) in [5, 5.41) is 17.9. The Morgan fingerprint density at radius 1 is 1.03 bits per heavy atom. The van der Waals surface area contributed by atoms with Crippen LogP contribution in [0.2, 0.25) is 0 Å². The van der Waals surface area contributed by atoms with Gasteiger partial charge in [0.25, 0.3) is 5.91 Å². The molecule has 0 bridgehead atoms. The van der Waals surface area contributed by atoms with Gasteiger partial charge >= 0.3 is 18.1 Å². The fraction of sp³-hybridized carbons (Fsp3) is 0.500. The number of benzene rings is 1. The van der Waals surface area contributed by atoms with Crippen molar-refractivity contribution in [2.45, 2.75) is 38.0 Å². The highest BCUT2D eigenvalue weighted by Crippen LogP contribution is 2.30. The number of fused-ring (bicyclic) bond motifs is 1. The summed E-state index contributed by atoms with van der Waals surface area (Å²) in [5.41, 5.74) is 1.30. The van der Waals surface area contributed by atoms with Crippen LogP contribution in [0, 0.1) is 0 Å². The van der Waals surface area contributed by atoms with E-state index in [4.69, 9.17) is 29.2 Å². The molecule has 3 amide bonds. The molecule has 3 rings (SSSR count). The molecule has 1 aromatic carbocycles. The third-order valence-corrected chi connectivity index (χ3v) is 5.07. The van der Waals surface area contributed by atoms with Gasteiger partial charge in [0, 0.05) is 18.5 Å². The Morgan fingerprint density at radius 2 is 1.65 bits per heavy atom. The lowest BCUT2D eigenvalue weighted by Crippen LogP contribution is -2.52. The summed E-state index contributed by atoms with van der Waals surface area (Å²) < 4.78 is 47.9. The van der Waals surface area contributed by atoms with Crippen molar-refractivity contribution < 1.29 is 61.6 Å². The van der Waals surface area contributed by atoms with Gasteiger partial charge in [-0.15, -0.1) is 0 Å². The first-order chi connectivity index (χ1) is 17.4. The number of aliphatic carboxylic acids is 2. The van der Waals surface area contributed by atoms with E-state index in [2.05, 4.69) is 5.32 Å². The fourth-order valence-corrected chi connectivity index (χ4v) is 3.34. The second-order valence-corrected chi connectivity index (χ2v) is 7.74. The Morgan fingerprint density at radius 3 is 2.24 bits per heavy atom. The van der Waals surface area contributed by atoms with Gasteiger partial charge in [0.2, 0.25) is 11.8 Å². The molecule has 204 valence electrons. The molecule has 1 aromatic rings. The summed E-state index contributed by atoms with van der Waals surface area (Å²) in [5.74, 6) is -4.04. The van der Waals surface area contributed by atoms with Crippen LogP contribution in [0.15, 0.2) is 18.2 Å². The van der Waals surface area contributed by atoms with Crippen molar-refractivity contribution in [2.24, 2.45) is 0 Å². The van der Waals surface area contributed by atoms with Gasteiger partial charge in [0.1, 0.15) is 18.4 Å². The van der Waals surface area contributed by atoms with Crippen LogP contribution in [-0.4, -0.2) is 90.0 Å². The van der Waals surface area contributed by atoms with Crippen LogP contribution >= 0.6 is 0 Å².